The number of aromatic amines is 1. The minimum atomic E-state index is 0.578. The number of methoxy groups -OCH3 is 1. The second kappa shape index (κ2) is 3.59. The Labute approximate surface area is 92.9 Å². The highest BCUT2D eigenvalue weighted by atomic mass is 16.5. The summed E-state index contributed by atoms with van der Waals surface area (Å²) in [5.41, 5.74) is 0.876. The lowest BCUT2D eigenvalue weighted by atomic mass is 10.2. The highest BCUT2D eigenvalue weighted by Crippen LogP contribution is 2.38. The number of ether oxygens (including phenoxy) is 1. The van der Waals surface area contributed by atoms with Gasteiger partial charge in [0.15, 0.2) is 5.82 Å². The lowest BCUT2D eigenvalue weighted by molar-refractivity contribution is 0.414. The first-order valence-electron chi connectivity index (χ1n) is 5.29. The summed E-state index contributed by atoms with van der Waals surface area (Å²) in [6, 6.07) is 1.86. The van der Waals surface area contributed by atoms with Crippen molar-refractivity contribution in [2.75, 3.05) is 7.11 Å². The molecule has 1 saturated carbocycles. The number of H-pyrrole nitrogens is 1. The van der Waals surface area contributed by atoms with Gasteiger partial charge < -0.3 is 4.74 Å². The molecule has 0 unspecified atom stereocenters. The Morgan fingerprint density at radius 1 is 1.44 bits per heavy atom. The quantitative estimate of drug-likeness (QED) is 0.849. The summed E-state index contributed by atoms with van der Waals surface area (Å²) >= 11 is 0. The number of rotatable bonds is 3. The van der Waals surface area contributed by atoms with E-state index in [1.807, 2.05) is 6.07 Å². The van der Waals surface area contributed by atoms with Crippen LogP contribution in [0, 0.1) is 0 Å². The second-order valence-corrected chi connectivity index (χ2v) is 3.89. The van der Waals surface area contributed by atoms with Crippen molar-refractivity contribution in [2.45, 2.75) is 18.8 Å². The molecule has 0 amide bonds. The summed E-state index contributed by atoms with van der Waals surface area (Å²) in [5, 5.41) is 7.19. The molecular formula is C11H12N4O. The predicted molar refractivity (Wildman–Crippen MR) is 58.1 cm³/mol. The maximum Gasteiger partial charge on any atom is 0.185 e. The molecule has 0 atom stereocenters. The van der Waals surface area contributed by atoms with Gasteiger partial charge in [-0.1, -0.05) is 0 Å². The van der Waals surface area contributed by atoms with Gasteiger partial charge in [-0.15, -0.1) is 0 Å². The third-order valence-electron chi connectivity index (χ3n) is 2.71. The van der Waals surface area contributed by atoms with Gasteiger partial charge in [0.1, 0.15) is 11.6 Å². The van der Waals surface area contributed by atoms with Gasteiger partial charge in [-0.25, -0.2) is 4.98 Å². The van der Waals surface area contributed by atoms with Gasteiger partial charge in [0.25, 0.3) is 0 Å². The molecule has 1 aliphatic rings. The SMILES string of the molecule is COc1cnccc1-c1n[nH]c(C2CC2)n1. The zero-order valence-electron chi connectivity index (χ0n) is 8.97. The third-order valence-corrected chi connectivity index (χ3v) is 2.71. The van der Waals surface area contributed by atoms with Crippen molar-refractivity contribution in [1.82, 2.24) is 20.2 Å². The molecule has 1 aliphatic carbocycles. The Morgan fingerprint density at radius 2 is 2.31 bits per heavy atom. The molecule has 16 heavy (non-hydrogen) atoms. The molecule has 0 spiro atoms. The number of nitrogens with one attached hydrogen (secondary N) is 1. The molecule has 0 radical (unpaired) electrons. The van der Waals surface area contributed by atoms with E-state index in [-0.39, 0.29) is 0 Å². The molecule has 2 heterocycles. The number of pyridine rings is 1. The molecule has 0 saturated heterocycles. The number of hydrogen-bond acceptors (Lipinski definition) is 4. The van der Waals surface area contributed by atoms with Crippen LogP contribution in [0.25, 0.3) is 11.4 Å². The zero-order chi connectivity index (χ0) is 11.0. The van der Waals surface area contributed by atoms with Crippen molar-refractivity contribution in [2.24, 2.45) is 0 Å². The standard InChI is InChI=1S/C11H12N4O/c1-16-9-6-12-5-4-8(9)11-13-10(14-15-11)7-2-3-7/h4-7H,2-3H2,1H3,(H,13,14,15). The highest BCUT2D eigenvalue weighted by molar-refractivity contribution is 5.62. The van der Waals surface area contributed by atoms with Gasteiger partial charge in [-0.2, -0.15) is 5.10 Å². The van der Waals surface area contributed by atoms with Crippen molar-refractivity contribution in [3.8, 4) is 17.1 Å². The first kappa shape index (κ1) is 9.33. The minimum absolute atomic E-state index is 0.578. The molecular weight excluding hydrogens is 204 g/mol. The van der Waals surface area contributed by atoms with E-state index in [0.717, 1.165) is 11.4 Å². The van der Waals surface area contributed by atoms with Crippen LogP contribution in [0.5, 0.6) is 5.75 Å². The summed E-state index contributed by atoms with van der Waals surface area (Å²) in [6.45, 7) is 0. The zero-order valence-corrected chi connectivity index (χ0v) is 8.97. The van der Waals surface area contributed by atoms with Crippen molar-refractivity contribution in [3.05, 3.63) is 24.3 Å². The van der Waals surface area contributed by atoms with Crippen LogP contribution in [-0.2, 0) is 0 Å². The van der Waals surface area contributed by atoms with E-state index in [9.17, 15) is 0 Å². The Kier molecular flexibility index (Phi) is 2.09. The Morgan fingerprint density at radius 3 is 3.06 bits per heavy atom. The Bertz CT molecular complexity index is 504. The van der Waals surface area contributed by atoms with Crippen LogP contribution < -0.4 is 4.74 Å². The maximum atomic E-state index is 5.23. The van der Waals surface area contributed by atoms with E-state index in [4.69, 9.17) is 4.74 Å². The van der Waals surface area contributed by atoms with Crippen molar-refractivity contribution >= 4 is 0 Å². The van der Waals surface area contributed by atoms with E-state index in [0.29, 0.717) is 17.5 Å². The van der Waals surface area contributed by atoms with Crippen LogP contribution in [0.4, 0.5) is 0 Å². The molecule has 5 nitrogen and oxygen atoms in total. The lowest BCUT2D eigenvalue weighted by Crippen LogP contribution is -1.90. The largest absolute Gasteiger partial charge is 0.494 e. The van der Waals surface area contributed by atoms with Crippen molar-refractivity contribution < 1.29 is 4.74 Å². The lowest BCUT2D eigenvalue weighted by Gasteiger charge is -2.02. The van der Waals surface area contributed by atoms with Gasteiger partial charge in [-0.3, -0.25) is 10.1 Å². The van der Waals surface area contributed by atoms with Crippen molar-refractivity contribution in [3.63, 3.8) is 0 Å². The van der Waals surface area contributed by atoms with E-state index >= 15 is 0 Å². The average Bonchev–Trinajstić information content (AvgIpc) is 3.07. The monoisotopic (exact) mass is 216 g/mol. The Hall–Kier alpha value is -1.91. The van der Waals surface area contributed by atoms with Crippen LogP contribution in [-0.4, -0.2) is 27.3 Å². The molecule has 2 aromatic rings. The van der Waals surface area contributed by atoms with E-state index in [1.54, 1.807) is 19.5 Å². The minimum Gasteiger partial charge on any atom is -0.494 e. The molecule has 1 fully saturated rings. The fraction of sp³-hybridized carbons (Fsp3) is 0.364. The molecule has 2 aromatic heterocycles. The molecule has 0 aliphatic heterocycles. The normalized spacial score (nSPS) is 15.1. The van der Waals surface area contributed by atoms with Gasteiger partial charge >= 0.3 is 0 Å². The van der Waals surface area contributed by atoms with Crippen LogP contribution in [0.15, 0.2) is 18.5 Å². The van der Waals surface area contributed by atoms with Crippen LogP contribution in [0.2, 0.25) is 0 Å². The molecule has 82 valence electrons. The molecule has 5 heteroatoms. The average molecular weight is 216 g/mol. The first-order chi connectivity index (χ1) is 7.88. The summed E-state index contributed by atoms with van der Waals surface area (Å²) < 4.78 is 5.23. The van der Waals surface area contributed by atoms with Crippen LogP contribution in [0.1, 0.15) is 24.6 Å². The van der Waals surface area contributed by atoms with E-state index < -0.39 is 0 Å². The summed E-state index contributed by atoms with van der Waals surface area (Å²) in [6.07, 6.45) is 5.80. The number of aromatic nitrogens is 4. The summed E-state index contributed by atoms with van der Waals surface area (Å²) in [4.78, 5) is 8.48. The fourth-order valence-electron chi connectivity index (χ4n) is 1.66. The third kappa shape index (κ3) is 1.54. The summed E-state index contributed by atoms with van der Waals surface area (Å²) in [5.74, 6) is 2.94. The number of nitrogens with zero attached hydrogens (tertiary/aromatic N) is 3. The van der Waals surface area contributed by atoms with Crippen LogP contribution >= 0.6 is 0 Å². The fourth-order valence-corrected chi connectivity index (χ4v) is 1.66. The molecule has 0 bridgehead atoms. The molecule has 3 rings (SSSR count). The highest BCUT2D eigenvalue weighted by Gasteiger charge is 2.27. The topological polar surface area (TPSA) is 63.7 Å². The number of hydrogen-bond donors (Lipinski definition) is 1. The predicted octanol–water partition coefficient (Wildman–Crippen LogP) is 1.75. The smallest absolute Gasteiger partial charge is 0.185 e. The second-order valence-electron chi connectivity index (χ2n) is 3.89. The molecule has 0 aromatic carbocycles. The van der Waals surface area contributed by atoms with Crippen molar-refractivity contribution in [1.29, 1.82) is 0 Å². The van der Waals surface area contributed by atoms with E-state index in [2.05, 4.69) is 20.2 Å². The van der Waals surface area contributed by atoms with Gasteiger partial charge in [0, 0.05) is 12.1 Å². The molecule has 1 N–H and O–H groups in total. The maximum absolute atomic E-state index is 5.23. The van der Waals surface area contributed by atoms with E-state index in [1.165, 1.54) is 12.8 Å². The van der Waals surface area contributed by atoms with Crippen LogP contribution in [0.3, 0.4) is 0 Å². The summed E-state index contributed by atoms with van der Waals surface area (Å²) in [7, 11) is 1.62. The first-order valence-corrected chi connectivity index (χ1v) is 5.29. The Balaban J connectivity index is 2.00. The van der Waals surface area contributed by atoms with Gasteiger partial charge in [0.2, 0.25) is 0 Å². The van der Waals surface area contributed by atoms with Gasteiger partial charge in [0.05, 0.1) is 18.9 Å². The van der Waals surface area contributed by atoms with Gasteiger partial charge in [-0.05, 0) is 18.9 Å².